The molecule has 1 heterocycles. The molecule has 1 unspecified atom stereocenters. The SMILES string of the molecule is CN=C(NCC1(c2ccc(Cl)cc2)CCC1)N(C)Cc1csc(C(C)OC)n1.I. The summed E-state index contributed by atoms with van der Waals surface area (Å²) >= 11 is 7.71. The maximum atomic E-state index is 6.07. The highest BCUT2D eigenvalue weighted by atomic mass is 127. The van der Waals surface area contributed by atoms with Crippen molar-refractivity contribution in [2.75, 3.05) is 27.7 Å². The Bertz CT molecular complexity index is 807. The number of rotatable bonds is 7. The molecule has 1 fully saturated rings. The molecule has 1 atom stereocenters. The molecule has 5 nitrogen and oxygen atoms in total. The summed E-state index contributed by atoms with van der Waals surface area (Å²) in [5.74, 6) is 0.884. The van der Waals surface area contributed by atoms with Gasteiger partial charge in [-0.2, -0.15) is 0 Å². The smallest absolute Gasteiger partial charge is 0.193 e. The van der Waals surface area contributed by atoms with E-state index in [9.17, 15) is 0 Å². The van der Waals surface area contributed by atoms with Gasteiger partial charge in [0.2, 0.25) is 0 Å². The van der Waals surface area contributed by atoms with Gasteiger partial charge in [-0.15, -0.1) is 35.3 Å². The fourth-order valence-electron chi connectivity index (χ4n) is 3.61. The molecule has 2 aromatic rings. The maximum absolute atomic E-state index is 6.07. The molecule has 1 aliphatic rings. The molecule has 8 heteroatoms. The highest BCUT2D eigenvalue weighted by molar-refractivity contribution is 14.0. The van der Waals surface area contributed by atoms with Crippen molar-refractivity contribution in [1.82, 2.24) is 15.2 Å². The molecule has 0 bridgehead atoms. The zero-order chi connectivity index (χ0) is 20.1. The quantitative estimate of drug-likeness (QED) is 0.292. The second kappa shape index (κ2) is 10.9. The normalized spacial score (nSPS) is 16.5. The van der Waals surface area contributed by atoms with Gasteiger partial charge in [-0.3, -0.25) is 4.99 Å². The molecule has 1 saturated carbocycles. The number of aliphatic imine (C=N–C) groups is 1. The lowest BCUT2D eigenvalue weighted by molar-refractivity contribution is 0.119. The van der Waals surface area contributed by atoms with E-state index in [4.69, 9.17) is 16.3 Å². The number of hydrogen-bond donors (Lipinski definition) is 1. The van der Waals surface area contributed by atoms with Crippen LogP contribution in [0.3, 0.4) is 0 Å². The Hall–Kier alpha value is -0.900. The summed E-state index contributed by atoms with van der Waals surface area (Å²) in [6.45, 7) is 3.59. The third-order valence-electron chi connectivity index (χ3n) is 5.60. The molecule has 1 aromatic heterocycles. The Morgan fingerprint density at radius 1 is 1.38 bits per heavy atom. The molecule has 0 radical (unpaired) electrons. The minimum Gasteiger partial charge on any atom is -0.375 e. The first-order valence-corrected chi connectivity index (χ1v) is 10.9. The van der Waals surface area contributed by atoms with Crippen LogP contribution in [-0.4, -0.2) is 43.6 Å². The molecule has 160 valence electrons. The Balaban J connectivity index is 0.00000300. The zero-order valence-corrected chi connectivity index (χ0v) is 21.3. The molecular formula is C21H30ClIN4OS. The number of methoxy groups -OCH3 is 1. The van der Waals surface area contributed by atoms with Crippen LogP contribution in [0, 0.1) is 0 Å². The van der Waals surface area contributed by atoms with Gasteiger partial charge < -0.3 is 15.0 Å². The summed E-state index contributed by atoms with van der Waals surface area (Å²) in [6.07, 6.45) is 3.66. The third kappa shape index (κ3) is 5.83. The van der Waals surface area contributed by atoms with Crippen LogP contribution in [0.15, 0.2) is 34.6 Å². The van der Waals surface area contributed by atoms with E-state index in [2.05, 4.69) is 37.7 Å². The summed E-state index contributed by atoms with van der Waals surface area (Å²) in [5.41, 5.74) is 2.56. The second-order valence-electron chi connectivity index (χ2n) is 7.45. The first kappa shape index (κ1) is 24.4. The second-order valence-corrected chi connectivity index (χ2v) is 8.78. The Labute approximate surface area is 199 Å². The highest BCUT2D eigenvalue weighted by Gasteiger charge is 2.38. The molecular weight excluding hydrogens is 519 g/mol. The van der Waals surface area contributed by atoms with Gasteiger partial charge in [0.05, 0.1) is 12.2 Å². The summed E-state index contributed by atoms with van der Waals surface area (Å²) in [7, 11) is 5.58. The summed E-state index contributed by atoms with van der Waals surface area (Å²) in [5, 5.41) is 7.46. The van der Waals surface area contributed by atoms with E-state index in [1.807, 2.05) is 33.2 Å². The van der Waals surface area contributed by atoms with Crippen LogP contribution >= 0.6 is 46.9 Å². The lowest BCUT2D eigenvalue weighted by atomic mass is 9.64. The third-order valence-corrected chi connectivity index (χ3v) is 6.90. The summed E-state index contributed by atoms with van der Waals surface area (Å²) in [4.78, 5) is 11.3. The molecule has 3 rings (SSSR count). The molecule has 1 aliphatic carbocycles. The minimum atomic E-state index is 0. The number of hydrogen-bond acceptors (Lipinski definition) is 4. The van der Waals surface area contributed by atoms with Crippen molar-refractivity contribution in [1.29, 1.82) is 0 Å². The van der Waals surface area contributed by atoms with E-state index in [0.29, 0.717) is 6.54 Å². The highest BCUT2D eigenvalue weighted by Crippen LogP contribution is 2.43. The predicted octanol–water partition coefficient (Wildman–Crippen LogP) is 5.25. The number of halogens is 2. The first-order valence-electron chi connectivity index (χ1n) is 9.62. The van der Waals surface area contributed by atoms with Gasteiger partial charge in [-0.05, 0) is 37.5 Å². The van der Waals surface area contributed by atoms with Crippen LogP contribution in [0.25, 0.3) is 0 Å². The Morgan fingerprint density at radius 2 is 2.07 bits per heavy atom. The van der Waals surface area contributed by atoms with E-state index in [-0.39, 0.29) is 35.5 Å². The van der Waals surface area contributed by atoms with Crippen LogP contribution in [0.1, 0.15) is 48.6 Å². The number of nitrogens with zero attached hydrogens (tertiary/aromatic N) is 3. The van der Waals surface area contributed by atoms with Crippen molar-refractivity contribution in [2.24, 2.45) is 4.99 Å². The van der Waals surface area contributed by atoms with Crippen LogP contribution in [0.2, 0.25) is 5.02 Å². The summed E-state index contributed by atoms with van der Waals surface area (Å²) in [6, 6.07) is 8.28. The molecule has 0 spiro atoms. The number of guanidine groups is 1. The number of ether oxygens (including phenoxy) is 1. The van der Waals surface area contributed by atoms with Crippen molar-refractivity contribution in [3.63, 3.8) is 0 Å². The number of thiazole rings is 1. The van der Waals surface area contributed by atoms with E-state index >= 15 is 0 Å². The standard InChI is InChI=1S/C21H29ClN4OS.HI/c1-15(27-4)19-25-18(13-28-19)12-26(3)20(23-2)24-14-21(10-5-11-21)16-6-8-17(22)9-7-16;/h6-9,13,15H,5,10-12,14H2,1-4H3,(H,23,24);1H. The van der Waals surface area contributed by atoms with Crippen LogP contribution < -0.4 is 5.32 Å². The van der Waals surface area contributed by atoms with Gasteiger partial charge in [0.15, 0.2) is 5.96 Å². The number of benzene rings is 1. The van der Waals surface area contributed by atoms with Crippen molar-refractivity contribution >= 4 is 52.9 Å². The molecule has 1 N–H and O–H groups in total. The minimum absolute atomic E-state index is 0. The first-order chi connectivity index (χ1) is 13.5. The largest absolute Gasteiger partial charge is 0.375 e. The number of nitrogens with one attached hydrogen (secondary N) is 1. The monoisotopic (exact) mass is 548 g/mol. The van der Waals surface area contributed by atoms with Crippen molar-refractivity contribution < 1.29 is 4.74 Å². The Kier molecular flexibility index (Phi) is 9.18. The predicted molar refractivity (Wildman–Crippen MR) is 133 cm³/mol. The van der Waals surface area contributed by atoms with Gasteiger partial charge in [0, 0.05) is 43.6 Å². The zero-order valence-electron chi connectivity index (χ0n) is 17.4. The Morgan fingerprint density at radius 3 is 2.62 bits per heavy atom. The molecule has 0 amide bonds. The van der Waals surface area contributed by atoms with Crippen molar-refractivity contribution in [3.8, 4) is 0 Å². The molecule has 0 aliphatic heterocycles. The average molecular weight is 549 g/mol. The molecule has 29 heavy (non-hydrogen) atoms. The fourth-order valence-corrected chi connectivity index (χ4v) is 4.58. The molecule has 0 saturated heterocycles. The van der Waals surface area contributed by atoms with Crippen LogP contribution in [0.4, 0.5) is 0 Å². The lowest BCUT2D eigenvalue weighted by Crippen LogP contribution is -2.49. The molecule has 1 aromatic carbocycles. The van der Waals surface area contributed by atoms with E-state index in [1.165, 1.54) is 24.8 Å². The van der Waals surface area contributed by atoms with Gasteiger partial charge >= 0.3 is 0 Å². The van der Waals surface area contributed by atoms with Gasteiger partial charge in [-0.1, -0.05) is 30.2 Å². The lowest BCUT2D eigenvalue weighted by Gasteiger charge is -2.43. The topological polar surface area (TPSA) is 49.8 Å². The fraction of sp³-hybridized carbons (Fsp3) is 0.524. The van der Waals surface area contributed by atoms with Crippen LogP contribution in [-0.2, 0) is 16.7 Å². The van der Waals surface area contributed by atoms with E-state index in [1.54, 1.807) is 18.4 Å². The van der Waals surface area contributed by atoms with E-state index in [0.717, 1.165) is 28.2 Å². The summed E-state index contributed by atoms with van der Waals surface area (Å²) < 4.78 is 5.36. The van der Waals surface area contributed by atoms with Crippen molar-refractivity contribution in [3.05, 3.63) is 50.9 Å². The number of aromatic nitrogens is 1. The van der Waals surface area contributed by atoms with E-state index < -0.39 is 0 Å². The van der Waals surface area contributed by atoms with Crippen LogP contribution in [0.5, 0.6) is 0 Å². The maximum Gasteiger partial charge on any atom is 0.193 e. The van der Waals surface area contributed by atoms with Gasteiger partial charge in [0.1, 0.15) is 11.1 Å². The van der Waals surface area contributed by atoms with Gasteiger partial charge in [-0.25, -0.2) is 4.98 Å². The average Bonchev–Trinajstić information content (AvgIpc) is 3.12. The van der Waals surface area contributed by atoms with Crippen molar-refractivity contribution in [2.45, 2.75) is 44.2 Å². The van der Waals surface area contributed by atoms with Gasteiger partial charge in [0.25, 0.3) is 0 Å².